The number of halogens is 2. The Balaban J connectivity index is 1.98. The monoisotopic (exact) mass is 321 g/mol. The highest BCUT2D eigenvalue weighted by Gasteiger charge is 2.04. The van der Waals surface area contributed by atoms with Crippen molar-refractivity contribution in [3.63, 3.8) is 0 Å². The lowest BCUT2D eigenvalue weighted by Crippen LogP contribution is -2.22. The Morgan fingerprint density at radius 2 is 1.90 bits per heavy atom. The molecular weight excluding hydrogens is 301 g/mol. The van der Waals surface area contributed by atoms with Gasteiger partial charge in [-0.1, -0.05) is 29.3 Å². The van der Waals surface area contributed by atoms with Crippen molar-refractivity contribution in [1.29, 1.82) is 0 Å². The zero-order valence-corrected chi connectivity index (χ0v) is 13.2. The van der Waals surface area contributed by atoms with Crippen molar-refractivity contribution in [2.45, 2.75) is 6.42 Å². The lowest BCUT2D eigenvalue weighted by molar-refractivity contribution is 0.101. The molecule has 0 aliphatic carbocycles. The van der Waals surface area contributed by atoms with Gasteiger partial charge < -0.3 is 19.5 Å². The average molecular weight is 322 g/mol. The second-order valence-electron chi connectivity index (χ2n) is 4.11. The second kappa shape index (κ2) is 11.2. The Labute approximate surface area is 130 Å². The van der Waals surface area contributed by atoms with Gasteiger partial charge in [0.2, 0.25) is 0 Å². The second-order valence-corrected chi connectivity index (χ2v) is 4.89. The van der Waals surface area contributed by atoms with Crippen molar-refractivity contribution >= 4 is 23.2 Å². The van der Waals surface area contributed by atoms with Crippen LogP contribution in [-0.4, -0.2) is 46.6 Å². The fraction of sp³-hybridized carbons (Fsp3) is 0.571. The molecule has 0 fully saturated rings. The predicted octanol–water partition coefficient (Wildman–Crippen LogP) is 3.01. The van der Waals surface area contributed by atoms with Gasteiger partial charge in [0.25, 0.3) is 0 Å². The van der Waals surface area contributed by atoms with Gasteiger partial charge in [0.05, 0.1) is 18.2 Å². The van der Waals surface area contributed by atoms with E-state index in [0.29, 0.717) is 35.6 Å². The molecule has 0 aliphatic heterocycles. The van der Waals surface area contributed by atoms with Gasteiger partial charge in [0.15, 0.2) is 0 Å². The molecule has 4 nitrogen and oxygen atoms in total. The molecular formula is C14H21Cl2NO3. The maximum Gasteiger partial charge on any atom is 0.139 e. The molecule has 0 spiro atoms. The lowest BCUT2D eigenvalue weighted by Gasteiger charge is -2.09. The van der Waals surface area contributed by atoms with E-state index in [0.717, 1.165) is 26.1 Å². The summed E-state index contributed by atoms with van der Waals surface area (Å²) in [6.45, 7) is 4.15. The molecule has 0 atom stereocenters. The van der Waals surface area contributed by atoms with E-state index in [2.05, 4.69) is 5.32 Å². The first-order chi connectivity index (χ1) is 9.75. The molecule has 0 amide bonds. The molecule has 1 N–H and O–H groups in total. The third-order valence-corrected chi connectivity index (χ3v) is 3.33. The van der Waals surface area contributed by atoms with Crippen molar-refractivity contribution < 1.29 is 14.2 Å². The van der Waals surface area contributed by atoms with Crippen LogP contribution in [0.5, 0.6) is 5.75 Å². The molecule has 0 saturated carbocycles. The van der Waals surface area contributed by atoms with Crippen LogP contribution in [0.25, 0.3) is 0 Å². The fourth-order valence-corrected chi connectivity index (χ4v) is 1.87. The summed E-state index contributed by atoms with van der Waals surface area (Å²) >= 11 is 11.9. The summed E-state index contributed by atoms with van der Waals surface area (Å²) in [7, 11) is 1.70. The molecule has 0 heterocycles. The third-order valence-electron chi connectivity index (χ3n) is 2.53. The Morgan fingerprint density at radius 3 is 2.70 bits per heavy atom. The third kappa shape index (κ3) is 7.31. The molecule has 0 unspecified atom stereocenters. The first-order valence-corrected chi connectivity index (χ1v) is 7.35. The number of benzene rings is 1. The summed E-state index contributed by atoms with van der Waals surface area (Å²) in [4.78, 5) is 0. The van der Waals surface area contributed by atoms with Crippen molar-refractivity contribution in [3.05, 3.63) is 28.2 Å². The maximum absolute atomic E-state index is 6.00. The molecule has 114 valence electrons. The topological polar surface area (TPSA) is 39.7 Å². The van der Waals surface area contributed by atoms with Gasteiger partial charge in [-0.25, -0.2) is 0 Å². The SMILES string of the molecule is COCCCNCCOCCOc1cccc(Cl)c1Cl. The number of ether oxygens (including phenoxy) is 3. The highest BCUT2D eigenvalue weighted by molar-refractivity contribution is 6.42. The molecule has 0 aliphatic rings. The van der Waals surface area contributed by atoms with Crippen LogP contribution in [0, 0.1) is 0 Å². The molecule has 20 heavy (non-hydrogen) atoms. The quantitative estimate of drug-likeness (QED) is 0.636. The number of hydrogen-bond acceptors (Lipinski definition) is 4. The van der Waals surface area contributed by atoms with E-state index in [9.17, 15) is 0 Å². The van der Waals surface area contributed by atoms with Gasteiger partial charge in [-0.15, -0.1) is 0 Å². The highest BCUT2D eigenvalue weighted by atomic mass is 35.5. The Morgan fingerprint density at radius 1 is 1.05 bits per heavy atom. The van der Waals surface area contributed by atoms with E-state index in [1.54, 1.807) is 25.3 Å². The van der Waals surface area contributed by atoms with E-state index >= 15 is 0 Å². The average Bonchev–Trinajstić information content (AvgIpc) is 2.45. The van der Waals surface area contributed by atoms with E-state index < -0.39 is 0 Å². The molecule has 0 saturated heterocycles. The summed E-state index contributed by atoms with van der Waals surface area (Å²) in [5.74, 6) is 0.584. The van der Waals surface area contributed by atoms with Crippen LogP contribution in [0.4, 0.5) is 0 Å². The van der Waals surface area contributed by atoms with Gasteiger partial charge in [-0.2, -0.15) is 0 Å². The lowest BCUT2D eigenvalue weighted by atomic mass is 10.3. The number of hydrogen-bond donors (Lipinski definition) is 1. The van der Waals surface area contributed by atoms with Gasteiger partial charge in [-0.3, -0.25) is 0 Å². The Bertz CT molecular complexity index is 377. The summed E-state index contributed by atoms with van der Waals surface area (Å²) < 4.78 is 15.9. The zero-order chi connectivity index (χ0) is 14.6. The standard InChI is InChI=1S/C14H21Cl2NO3/c1-18-8-3-6-17-7-9-19-10-11-20-13-5-2-4-12(15)14(13)16/h2,4-5,17H,3,6-11H2,1H3. The van der Waals surface area contributed by atoms with Crippen LogP contribution >= 0.6 is 23.2 Å². The fourth-order valence-electron chi connectivity index (χ4n) is 1.52. The molecule has 0 aromatic heterocycles. The van der Waals surface area contributed by atoms with E-state index in [1.165, 1.54) is 0 Å². The number of rotatable bonds is 11. The molecule has 6 heteroatoms. The molecule has 1 rings (SSSR count). The molecule has 1 aromatic rings. The normalized spacial score (nSPS) is 10.8. The highest BCUT2D eigenvalue weighted by Crippen LogP contribution is 2.31. The van der Waals surface area contributed by atoms with Crippen LogP contribution in [0.1, 0.15) is 6.42 Å². The first kappa shape index (κ1) is 17.5. The summed E-state index contributed by atoms with van der Waals surface area (Å²) in [5, 5.41) is 4.19. The Hall–Kier alpha value is -0.520. The minimum atomic E-state index is 0.439. The molecule has 1 aromatic carbocycles. The van der Waals surface area contributed by atoms with Crippen molar-refractivity contribution in [2.24, 2.45) is 0 Å². The Kier molecular flexibility index (Phi) is 9.79. The van der Waals surface area contributed by atoms with E-state index in [4.69, 9.17) is 37.4 Å². The minimum Gasteiger partial charge on any atom is -0.490 e. The van der Waals surface area contributed by atoms with Crippen LogP contribution in [-0.2, 0) is 9.47 Å². The van der Waals surface area contributed by atoms with Crippen LogP contribution < -0.4 is 10.1 Å². The molecule has 0 bridgehead atoms. The van der Waals surface area contributed by atoms with E-state index in [-0.39, 0.29) is 0 Å². The largest absolute Gasteiger partial charge is 0.490 e. The first-order valence-electron chi connectivity index (χ1n) is 6.60. The smallest absolute Gasteiger partial charge is 0.139 e. The van der Waals surface area contributed by atoms with Crippen molar-refractivity contribution in [3.8, 4) is 5.75 Å². The number of nitrogens with one attached hydrogen (secondary N) is 1. The zero-order valence-electron chi connectivity index (χ0n) is 11.7. The van der Waals surface area contributed by atoms with Gasteiger partial charge >= 0.3 is 0 Å². The van der Waals surface area contributed by atoms with Gasteiger partial charge in [0.1, 0.15) is 17.4 Å². The van der Waals surface area contributed by atoms with Crippen LogP contribution in [0.15, 0.2) is 18.2 Å². The summed E-state index contributed by atoms with van der Waals surface area (Å²) in [5.41, 5.74) is 0. The minimum absolute atomic E-state index is 0.439. The van der Waals surface area contributed by atoms with Crippen LogP contribution in [0.2, 0.25) is 10.0 Å². The summed E-state index contributed by atoms with van der Waals surface area (Å²) in [6, 6.07) is 5.31. The van der Waals surface area contributed by atoms with Gasteiger partial charge in [0, 0.05) is 20.3 Å². The van der Waals surface area contributed by atoms with Crippen molar-refractivity contribution in [1.82, 2.24) is 5.32 Å². The number of methoxy groups -OCH3 is 1. The molecule has 0 radical (unpaired) electrons. The summed E-state index contributed by atoms with van der Waals surface area (Å²) in [6.07, 6.45) is 1.01. The predicted molar refractivity (Wildman–Crippen MR) is 82.1 cm³/mol. The van der Waals surface area contributed by atoms with Gasteiger partial charge in [-0.05, 0) is 25.1 Å². The van der Waals surface area contributed by atoms with Crippen LogP contribution in [0.3, 0.4) is 0 Å². The maximum atomic E-state index is 6.00. The van der Waals surface area contributed by atoms with Crippen molar-refractivity contribution in [2.75, 3.05) is 46.6 Å². The van der Waals surface area contributed by atoms with E-state index in [1.807, 2.05) is 0 Å².